The van der Waals surface area contributed by atoms with Crippen LogP contribution in [0.15, 0.2) is 30.5 Å². The van der Waals surface area contributed by atoms with Gasteiger partial charge in [-0.2, -0.15) is 0 Å². The zero-order valence-corrected chi connectivity index (χ0v) is 12.1. The van der Waals surface area contributed by atoms with Gasteiger partial charge in [0, 0.05) is 12.2 Å². The van der Waals surface area contributed by atoms with Gasteiger partial charge in [-0.1, -0.05) is 0 Å². The Bertz CT molecular complexity index is 798. The van der Waals surface area contributed by atoms with Crippen molar-refractivity contribution in [2.75, 3.05) is 11.5 Å². The third kappa shape index (κ3) is 3.07. The Morgan fingerprint density at radius 3 is 2.90 bits per heavy atom. The normalized spacial score (nSPS) is 20.7. The number of nitrogens with zero attached hydrogens (tertiary/aromatic N) is 1. The van der Waals surface area contributed by atoms with Crippen molar-refractivity contribution in [1.82, 2.24) is 9.88 Å². The summed E-state index contributed by atoms with van der Waals surface area (Å²) in [6, 6.07) is 5.89. The van der Waals surface area contributed by atoms with Crippen LogP contribution in [0.2, 0.25) is 0 Å². The van der Waals surface area contributed by atoms with E-state index in [-0.39, 0.29) is 35.8 Å². The number of halogens is 1. The van der Waals surface area contributed by atoms with Gasteiger partial charge in [-0.25, -0.2) is 12.8 Å². The van der Waals surface area contributed by atoms with Crippen LogP contribution in [0.25, 0.3) is 10.9 Å². The molecule has 2 heterocycles. The number of carbonyl (C=O) groups is 1. The predicted molar refractivity (Wildman–Crippen MR) is 77.1 cm³/mol. The first-order chi connectivity index (χ1) is 9.93. The second kappa shape index (κ2) is 5.14. The Hall–Kier alpha value is -1.89. The van der Waals surface area contributed by atoms with Gasteiger partial charge in [-0.15, -0.1) is 0 Å². The van der Waals surface area contributed by atoms with Crippen LogP contribution in [0.5, 0.6) is 0 Å². The number of hydrogen-bond donors (Lipinski definition) is 1. The van der Waals surface area contributed by atoms with Crippen LogP contribution in [-0.4, -0.2) is 36.4 Å². The summed E-state index contributed by atoms with van der Waals surface area (Å²) in [7, 11) is -3.01. The van der Waals surface area contributed by atoms with Gasteiger partial charge in [0.25, 0.3) is 0 Å². The minimum atomic E-state index is -3.01. The molecular formula is C14H15FN2O3S. The minimum absolute atomic E-state index is 0.000204. The number of rotatable bonds is 3. The molecule has 1 aromatic heterocycles. The van der Waals surface area contributed by atoms with E-state index in [2.05, 4.69) is 5.32 Å². The third-order valence-corrected chi connectivity index (χ3v) is 5.42. The number of aromatic nitrogens is 1. The van der Waals surface area contributed by atoms with Crippen molar-refractivity contribution in [1.29, 1.82) is 0 Å². The SMILES string of the molecule is O=C(Cn1ccc2ccc(F)cc21)N[C@@H]1CCS(=O)(=O)C1. The van der Waals surface area contributed by atoms with Gasteiger partial charge in [0.1, 0.15) is 12.4 Å². The first-order valence-electron chi connectivity index (χ1n) is 6.67. The summed E-state index contributed by atoms with van der Waals surface area (Å²) in [6.45, 7) is 0.0451. The highest BCUT2D eigenvalue weighted by Crippen LogP contribution is 2.17. The van der Waals surface area contributed by atoms with Crippen molar-refractivity contribution in [3.63, 3.8) is 0 Å². The van der Waals surface area contributed by atoms with Crippen molar-refractivity contribution in [2.45, 2.75) is 19.0 Å². The molecule has 1 fully saturated rings. The van der Waals surface area contributed by atoms with Gasteiger partial charge < -0.3 is 9.88 Å². The molecule has 0 unspecified atom stereocenters. The average Bonchev–Trinajstić information content (AvgIpc) is 2.93. The molecule has 0 aliphatic carbocycles. The summed E-state index contributed by atoms with van der Waals surface area (Å²) in [5, 5.41) is 3.57. The molecule has 1 saturated heterocycles. The van der Waals surface area contributed by atoms with E-state index >= 15 is 0 Å². The smallest absolute Gasteiger partial charge is 0.240 e. The molecule has 5 nitrogen and oxygen atoms in total. The molecule has 0 spiro atoms. The second-order valence-corrected chi connectivity index (χ2v) is 7.54. The van der Waals surface area contributed by atoms with Crippen molar-refractivity contribution >= 4 is 26.6 Å². The van der Waals surface area contributed by atoms with Crippen LogP contribution in [0.4, 0.5) is 4.39 Å². The molecule has 1 aromatic carbocycles. The van der Waals surface area contributed by atoms with Crippen LogP contribution < -0.4 is 5.32 Å². The van der Waals surface area contributed by atoms with E-state index < -0.39 is 9.84 Å². The Kier molecular flexibility index (Phi) is 3.44. The fourth-order valence-electron chi connectivity index (χ4n) is 2.63. The lowest BCUT2D eigenvalue weighted by Gasteiger charge is -2.12. The molecule has 1 N–H and O–H groups in total. The summed E-state index contributed by atoms with van der Waals surface area (Å²) >= 11 is 0. The van der Waals surface area contributed by atoms with Gasteiger partial charge >= 0.3 is 0 Å². The van der Waals surface area contributed by atoms with Gasteiger partial charge in [0.05, 0.1) is 17.0 Å². The molecular weight excluding hydrogens is 295 g/mol. The first-order valence-corrected chi connectivity index (χ1v) is 8.49. The quantitative estimate of drug-likeness (QED) is 0.922. The van der Waals surface area contributed by atoms with Crippen molar-refractivity contribution in [3.05, 3.63) is 36.3 Å². The van der Waals surface area contributed by atoms with Crippen molar-refractivity contribution in [2.24, 2.45) is 0 Å². The van der Waals surface area contributed by atoms with Crippen molar-refractivity contribution < 1.29 is 17.6 Å². The summed E-state index contributed by atoms with van der Waals surface area (Å²) < 4.78 is 37.6. The molecule has 1 aliphatic heterocycles. The molecule has 0 bridgehead atoms. The van der Waals surface area contributed by atoms with E-state index in [0.29, 0.717) is 11.9 Å². The molecule has 112 valence electrons. The molecule has 0 radical (unpaired) electrons. The first kappa shape index (κ1) is 14.1. The fraction of sp³-hybridized carbons (Fsp3) is 0.357. The molecule has 0 saturated carbocycles. The fourth-order valence-corrected chi connectivity index (χ4v) is 4.31. The van der Waals surface area contributed by atoms with E-state index in [9.17, 15) is 17.6 Å². The van der Waals surface area contributed by atoms with Crippen LogP contribution in [-0.2, 0) is 21.2 Å². The minimum Gasteiger partial charge on any atom is -0.351 e. The predicted octanol–water partition coefficient (Wildman–Crippen LogP) is 1.08. The Morgan fingerprint density at radius 1 is 1.38 bits per heavy atom. The molecule has 1 atom stereocenters. The van der Waals surface area contributed by atoms with Gasteiger partial charge in [-0.3, -0.25) is 4.79 Å². The summed E-state index contributed by atoms with van der Waals surface area (Å²) in [4.78, 5) is 12.0. The number of carbonyl (C=O) groups excluding carboxylic acids is 1. The average molecular weight is 310 g/mol. The zero-order valence-electron chi connectivity index (χ0n) is 11.3. The summed E-state index contributed by atoms with van der Waals surface area (Å²) in [6.07, 6.45) is 2.17. The molecule has 1 amide bonds. The highest BCUT2D eigenvalue weighted by Gasteiger charge is 2.28. The van der Waals surface area contributed by atoms with Crippen molar-refractivity contribution in [3.8, 4) is 0 Å². The van der Waals surface area contributed by atoms with Crippen LogP contribution in [0.1, 0.15) is 6.42 Å². The number of benzene rings is 1. The highest BCUT2D eigenvalue weighted by atomic mass is 32.2. The number of amides is 1. The standard InChI is InChI=1S/C14H15FN2O3S/c15-11-2-1-10-3-5-17(13(10)7-11)8-14(18)16-12-4-6-21(19,20)9-12/h1-3,5,7,12H,4,6,8-9H2,(H,16,18)/t12-/m1/s1. The van der Waals surface area contributed by atoms with E-state index in [4.69, 9.17) is 0 Å². The van der Waals surface area contributed by atoms with Crippen LogP contribution >= 0.6 is 0 Å². The lowest BCUT2D eigenvalue weighted by atomic mass is 10.2. The molecule has 1 aliphatic rings. The molecule has 3 rings (SSSR count). The van der Waals surface area contributed by atoms with E-state index in [1.54, 1.807) is 16.8 Å². The molecule has 21 heavy (non-hydrogen) atoms. The van der Waals surface area contributed by atoms with Gasteiger partial charge in [0.2, 0.25) is 5.91 Å². The van der Waals surface area contributed by atoms with E-state index in [1.165, 1.54) is 12.1 Å². The maximum atomic E-state index is 13.3. The monoisotopic (exact) mass is 310 g/mol. The maximum absolute atomic E-state index is 13.3. The largest absolute Gasteiger partial charge is 0.351 e. The Balaban J connectivity index is 1.70. The van der Waals surface area contributed by atoms with Crippen LogP contribution in [0.3, 0.4) is 0 Å². The lowest BCUT2D eigenvalue weighted by molar-refractivity contribution is -0.122. The Labute approximate surface area is 121 Å². The number of fused-ring (bicyclic) bond motifs is 1. The van der Waals surface area contributed by atoms with E-state index in [0.717, 1.165) is 5.39 Å². The van der Waals surface area contributed by atoms with Gasteiger partial charge in [0.15, 0.2) is 9.84 Å². The number of hydrogen-bond acceptors (Lipinski definition) is 3. The summed E-state index contributed by atoms with van der Waals surface area (Å²) in [5.74, 6) is -0.501. The Morgan fingerprint density at radius 2 is 2.19 bits per heavy atom. The zero-order chi connectivity index (χ0) is 15.0. The lowest BCUT2D eigenvalue weighted by Crippen LogP contribution is -2.37. The number of sulfone groups is 1. The number of nitrogens with one attached hydrogen (secondary N) is 1. The molecule has 7 heteroatoms. The van der Waals surface area contributed by atoms with E-state index in [1.807, 2.05) is 6.07 Å². The van der Waals surface area contributed by atoms with Crippen LogP contribution in [0, 0.1) is 5.82 Å². The third-order valence-electron chi connectivity index (χ3n) is 3.65. The second-order valence-electron chi connectivity index (χ2n) is 5.31. The highest BCUT2D eigenvalue weighted by molar-refractivity contribution is 7.91. The topological polar surface area (TPSA) is 68.2 Å². The van der Waals surface area contributed by atoms with Gasteiger partial charge in [-0.05, 0) is 36.1 Å². The maximum Gasteiger partial charge on any atom is 0.240 e. The molecule has 2 aromatic rings. The summed E-state index contributed by atoms with van der Waals surface area (Å²) in [5.41, 5.74) is 0.643.